The summed E-state index contributed by atoms with van der Waals surface area (Å²) in [7, 11) is 1.74. The second-order valence-electron chi connectivity index (χ2n) is 6.04. The molecule has 22 heavy (non-hydrogen) atoms. The van der Waals surface area contributed by atoms with E-state index in [1.54, 1.807) is 18.9 Å². The van der Waals surface area contributed by atoms with Crippen molar-refractivity contribution in [1.29, 1.82) is 0 Å². The second kappa shape index (κ2) is 8.44. The summed E-state index contributed by atoms with van der Waals surface area (Å²) in [6.45, 7) is 2.27. The zero-order valence-electron chi connectivity index (χ0n) is 13.4. The van der Waals surface area contributed by atoms with E-state index in [9.17, 15) is 9.90 Å². The quantitative estimate of drug-likeness (QED) is 0.833. The minimum absolute atomic E-state index is 0.142. The topological polar surface area (TPSA) is 52.6 Å². The van der Waals surface area contributed by atoms with Crippen LogP contribution in [0.5, 0.6) is 0 Å². The van der Waals surface area contributed by atoms with Gasteiger partial charge in [-0.05, 0) is 50.5 Å². The van der Waals surface area contributed by atoms with E-state index in [4.69, 9.17) is 0 Å². The molecule has 0 radical (unpaired) electrons. The van der Waals surface area contributed by atoms with Gasteiger partial charge < -0.3 is 15.3 Å². The molecule has 0 spiro atoms. The molecule has 1 saturated carbocycles. The molecular weight excluding hydrogens is 296 g/mol. The van der Waals surface area contributed by atoms with E-state index < -0.39 is 0 Å². The van der Waals surface area contributed by atoms with Gasteiger partial charge >= 0.3 is 6.03 Å². The third-order valence-electron chi connectivity index (χ3n) is 3.94. The van der Waals surface area contributed by atoms with Gasteiger partial charge in [0.05, 0.1) is 6.10 Å². The Kier molecular flexibility index (Phi) is 6.58. The number of carbonyl (C=O) groups is 1. The van der Waals surface area contributed by atoms with Gasteiger partial charge in [-0.1, -0.05) is 12.8 Å². The Morgan fingerprint density at radius 3 is 2.59 bits per heavy atom. The molecule has 1 aliphatic rings. The number of rotatable bonds is 6. The fraction of sp³-hybridized carbons (Fsp3) is 0.588. The van der Waals surface area contributed by atoms with Crippen LogP contribution in [-0.2, 0) is 0 Å². The minimum atomic E-state index is -0.387. The van der Waals surface area contributed by atoms with Crippen LogP contribution in [0.3, 0.4) is 0 Å². The zero-order valence-corrected chi connectivity index (χ0v) is 14.2. The monoisotopic (exact) mass is 322 g/mol. The molecule has 5 heteroatoms. The van der Waals surface area contributed by atoms with Crippen molar-refractivity contribution in [3.05, 3.63) is 24.3 Å². The first kappa shape index (κ1) is 17.2. The van der Waals surface area contributed by atoms with E-state index in [0.29, 0.717) is 13.0 Å². The van der Waals surface area contributed by atoms with Crippen LogP contribution in [0.25, 0.3) is 0 Å². The number of nitrogens with zero attached hydrogens (tertiary/aromatic N) is 1. The van der Waals surface area contributed by atoms with E-state index in [0.717, 1.165) is 10.9 Å². The smallest absolute Gasteiger partial charge is 0.321 e. The van der Waals surface area contributed by atoms with Crippen LogP contribution in [0.1, 0.15) is 39.0 Å². The number of carbonyl (C=O) groups excluding carboxylic acids is 1. The van der Waals surface area contributed by atoms with Crippen molar-refractivity contribution in [1.82, 2.24) is 4.90 Å². The maximum atomic E-state index is 12.0. The largest absolute Gasteiger partial charge is 0.393 e. The fourth-order valence-corrected chi connectivity index (χ4v) is 3.76. The highest BCUT2D eigenvalue weighted by atomic mass is 32.2. The third kappa shape index (κ3) is 5.54. The number of amides is 2. The highest BCUT2D eigenvalue weighted by molar-refractivity contribution is 8.00. The number of aliphatic hydroxyl groups is 1. The van der Waals surface area contributed by atoms with Crippen LogP contribution < -0.4 is 5.32 Å². The van der Waals surface area contributed by atoms with Crippen molar-refractivity contribution in [3.8, 4) is 0 Å². The first-order chi connectivity index (χ1) is 10.5. The number of aliphatic hydroxyl groups excluding tert-OH is 1. The number of anilines is 1. The van der Waals surface area contributed by atoms with Gasteiger partial charge in [-0.25, -0.2) is 4.79 Å². The first-order valence-electron chi connectivity index (χ1n) is 8.01. The summed E-state index contributed by atoms with van der Waals surface area (Å²) in [4.78, 5) is 14.9. The van der Waals surface area contributed by atoms with Crippen molar-refractivity contribution < 1.29 is 9.90 Å². The Labute approximate surface area is 137 Å². The average molecular weight is 322 g/mol. The lowest BCUT2D eigenvalue weighted by Gasteiger charge is -2.19. The molecule has 0 heterocycles. The Bertz CT molecular complexity index is 470. The highest BCUT2D eigenvalue weighted by Crippen LogP contribution is 2.34. The molecule has 2 rings (SSSR count). The summed E-state index contributed by atoms with van der Waals surface area (Å²) < 4.78 is 0. The van der Waals surface area contributed by atoms with Crippen LogP contribution in [-0.4, -0.2) is 41.0 Å². The summed E-state index contributed by atoms with van der Waals surface area (Å²) in [6.07, 6.45) is 5.53. The summed E-state index contributed by atoms with van der Waals surface area (Å²) in [6, 6.07) is 7.93. The van der Waals surface area contributed by atoms with Crippen molar-refractivity contribution >= 4 is 23.5 Å². The molecule has 1 unspecified atom stereocenters. The van der Waals surface area contributed by atoms with Crippen molar-refractivity contribution in [2.24, 2.45) is 0 Å². The number of nitrogens with one attached hydrogen (secondary N) is 1. The molecule has 1 atom stereocenters. The number of benzene rings is 1. The van der Waals surface area contributed by atoms with Crippen molar-refractivity contribution in [2.75, 3.05) is 18.9 Å². The van der Waals surface area contributed by atoms with Crippen molar-refractivity contribution in [3.63, 3.8) is 0 Å². The highest BCUT2D eigenvalue weighted by Gasteiger charge is 2.16. The standard InChI is InChI=1S/C17H26N2O2S/c1-13(20)11-12-19(2)17(21)18-14-7-9-16(10-8-14)22-15-5-3-4-6-15/h7-10,13,15,20H,3-6,11-12H2,1-2H3,(H,18,21). The Morgan fingerprint density at radius 1 is 1.36 bits per heavy atom. The summed E-state index contributed by atoms with van der Waals surface area (Å²) in [5.74, 6) is 0. The van der Waals surface area contributed by atoms with Gasteiger partial charge in [0.1, 0.15) is 0 Å². The molecule has 0 saturated heterocycles. The molecule has 0 bridgehead atoms. The molecule has 1 fully saturated rings. The summed E-state index contributed by atoms with van der Waals surface area (Å²) in [5, 5.41) is 12.9. The normalized spacial score (nSPS) is 16.5. The zero-order chi connectivity index (χ0) is 15.9. The number of hydrogen-bond donors (Lipinski definition) is 2. The van der Waals surface area contributed by atoms with E-state index >= 15 is 0 Å². The minimum Gasteiger partial charge on any atom is -0.393 e. The predicted molar refractivity (Wildman–Crippen MR) is 92.5 cm³/mol. The molecule has 0 aliphatic heterocycles. The van der Waals surface area contributed by atoms with Gasteiger partial charge in [0.2, 0.25) is 0 Å². The fourth-order valence-electron chi connectivity index (χ4n) is 2.52. The Hall–Kier alpha value is -1.20. The van der Waals surface area contributed by atoms with Gasteiger partial charge in [0, 0.05) is 29.4 Å². The Morgan fingerprint density at radius 2 is 2.00 bits per heavy atom. The van der Waals surface area contributed by atoms with Crippen LogP contribution in [0.4, 0.5) is 10.5 Å². The molecule has 1 aromatic carbocycles. The van der Waals surface area contributed by atoms with E-state index in [2.05, 4.69) is 17.4 Å². The molecule has 0 aromatic heterocycles. The maximum absolute atomic E-state index is 12.0. The molecule has 1 aromatic rings. The van der Waals surface area contributed by atoms with Crippen LogP contribution >= 0.6 is 11.8 Å². The number of thioether (sulfide) groups is 1. The van der Waals surface area contributed by atoms with Crippen LogP contribution in [0.15, 0.2) is 29.2 Å². The van der Waals surface area contributed by atoms with E-state index in [1.807, 2.05) is 23.9 Å². The van der Waals surface area contributed by atoms with Gasteiger partial charge in [-0.3, -0.25) is 0 Å². The summed E-state index contributed by atoms with van der Waals surface area (Å²) in [5.41, 5.74) is 0.810. The summed E-state index contributed by atoms with van der Waals surface area (Å²) >= 11 is 1.95. The van der Waals surface area contributed by atoms with Gasteiger partial charge in [0.15, 0.2) is 0 Å². The lowest BCUT2D eigenvalue weighted by Crippen LogP contribution is -2.33. The first-order valence-corrected chi connectivity index (χ1v) is 8.89. The Balaban J connectivity index is 1.81. The number of hydrogen-bond acceptors (Lipinski definition) is 3. The van der Waals surface area contributed by atoms with Gasteiger partial charge in [0.25, 0.3) is 0 Å². The third-order valence-corrected chi connectivity index (χ3v) is 5.29. The van der Waals surface area contributed by atoms with Crippen LogP contribution in [0.2, 0.25) is 0 Å². The number of urea groups is 1. The SMILES string of the molecule is CC(O)CCN(C)C(=O)Nc1ccc(SC2CCCC2)cc1. The van der Waals surface area contributed by atoms with Crippen LogP contribution in [0, 0.1) is 0 Å². The van der Waals surface area contributed by atoms with Gasteiger partial charge in [-0.15, -0.1) is 11.8 Å². The van der Waals surface area contributed by atoms with Gasteiger partial charge in [-0.2, -0.15) is 0 Å². The second-order valence-corrected chi connectivity index (χ2v) is 7.41. The lowest BCUT2D eigenvalue weighted by molar-refractivity contribution is 0.167. The molecule has 4 nitrogen and oxygen atoms in total. The van der Waals surface area contributed by atoms with Crippen molar-refractivity contribution in [2.45, 2.75) is 55.3 Å². The molecule has 2 amide bonds. The molecule has 122 valence electrons. The molecule has 1 aliphatic carbocycles. The predicted octanol–water partition coefficient (Wildman–Crippen LogP) is 3.96. The maximum Gasteiger partial charge on any atom is 0.321 e. The lowest BCUT2D eigenvalue weighted by atomic mass is 10.3. The average Bonchev–Trinajstić information content (AvgIpc) is 2.99. The van der Waals surface area contributed by atoms with E-state index in [-0.39, 0.29) is 12.1 Å². The molecular formula is C17H26N2O2S. The van der Waals surface area contributed by atoms with E-state index in [1.165, 1.54) is 30.6 Å². The molecule has 2 N–H and O–H groups in total.